The summed E-state index contributed by atoms with van der Waals surface area (Å²) < 4.78 is 10.9. The molecule has 0 spiro atoms. The van der Waals surface area contributed by atoms with E-state index in [1.807, 2.05) is 20.8 Å². The van der Waals surface area contributed by atoms with Crippen molar-refractivity contribution in [3.8, 4) is 11.8 Å². The van der Waals surface area contributed by atoms with Gasteiger partial charge in [0.2, 0.25) is 0 Å². The Bertz CT molecular complexity index is 558. The second kappa shape index (κ2) is 7.81. The summed E-state index contributed by atoms with van der Waals surface area (Å²) in [7, 11) is 1.51. The van der Waals surface area contributed by atoms with Crippen molar-refractivity contribution in [2.75, 3.05) is 19.0 Å². The Balaban J connectivity index is 2.90. The zero-order chi connectivity index (χ0) is 16.8. The van der Waals surface area contributed by atoms with Crippen molar-refractivity contribution in [2.24, 2.45) is 5.92 Å². The molecule has 1 rings (SSSR count). The molecule has 0 heterocycles. The number of methoxy groups -OCH3 is 1. The van der Waals surface area contributed by atoms with Crippen LogP contribution in [-0.4, -0.2) is 25.2 Å². The molecular formula is C17H24N2O3. The predicted octanol–water partition coefficient (Wildman–Crippen LogP) is 3.35. The van der Waals surface area contributed by atoms with E-state index >= 15 is 0 Å². The number of rotatable bonds is 7. The van der Waals surface area contributed by atoms with E-state index < -0.39 is 5.60 Å². The van der Waals surface area contributed by atoms with Gasteiger partial charge >= 0.3 is 0 Å². The van der Waals surface area contributed by atoms with Gasteiger partial charge in [0.25, 0.3) is 5.91 Å². The fourth-order valence-corrected chi connectivity index (χ4v) is 1.74. The van der Waals surface area contributed by atoms with Crippen LogP contribution >= 0.6 is 0 Å². The summed E-state index contributed by atoms with van der Waals surface area (Å²) in [6.07, 6.45) is 0.552. The van der Waals surface area contributed by atoms with Gasteiger partial charge in [-0.2, -0.15) is 5.26 Å². The van der Waals surface area contributed by atoms with Crippen LogP contribution in [0.25, 0.3) is 0 Å². The van der Waals surface area contributed by atoms with Gasteiger partial charge in [-0.05, 0) is 37.5 Å². The number of amides is 1. The molecule has 1 atom stereocenters. The first-order valence-electron chi connectivity index (χ1n) is 7.39. The second-order valence-corrected chi connectivity index (χ2v) is 5.77. The first-order valence-corrected chi connectivity index (χ1v) is 7.39. The summed E-state index contributed by atoms with van der Waals surface area (Å²) in [4.78, 5) is 12.2. The molecule has 22 heavy (non-hydrogen) atoms. The van der Waals surface area contributed by atoms with Crippen molar-refractivity contribution in [1.29, 1.82) is 5.26 Å². The van der Waals surface area contributed by atoms with E-state index in [-0.39, 0.29) is 5.91 Å². The predicted molar refractivity (Wildman–Crippen MR) is 85.8 cm³/mol. The molecule has 1 N–H and O–H groups in total. The lowest BCUT2D eigenvalue weighted by atomic mass is 10.0. The van der Waals surface area contributed by atoms with Crippen molar-refractivity contribution in [3.63, 3.8) is 0 Å². The van der Waals surface area contributed by atoms with E-state index in [9.17, 15) is 10.1 Å². The fraction of sp³-hybridized carbons (Fsp3) is 0.529. The Kier molecular flexibility index (Phi) is 6.39. The first kappa shape index (κ1) is 18.0. The average molecular weight is 304 g/mol. The zero-order valence-corrected chi connectivity index (χ0v) is 13.9. The second-order valence-electron chi connectivity index (χ2n) is 5.77. The lowest BCUT2D eigenvalue weighted by Crippen LogP contribution is -2.41. The van der Waals surface area contributed by atoms with E-state index in [4.69, 9.17) is 9.47 Å². The van der Waals surface area contributed by atoms with E-state index in [2.05, 4.69) is 11.4 Å². The van der Waals surface area contributed by atoms with Gasteiger partial charge < -0.3 is 14.8 Å². The smallest absolute Gasteiger partial charge is 0.256 e. The minimum atomic E-state index is -0.889. The summed E-state index contributed by atoms with van der Waals surface area (Å²) >= 11 is 0. The van der Waals surface area contributed by atoms with Crippen LogP contribution in [0.2, 0.25) is 0 Å². The number of benzene rings is 1. The van der Waals surface area contributed by atoms with Crippen LogP contribution in [-0.2, 0) is 9.53 Å². The van der Waals surface area contributed by atoms with Crippen LogP contribution in [0.1, 0.15) is 39.7 Å². The van der Waals surface area contributed by atoms with Crippen LogP contribution in [0.5, 0.6) is 5.75 Å². The third-order valence-corrected chi connectivity index (χ3v) is 3.54. The van der Waals surface area contributed by atoms with Gasteiger partial charge in [0.15, 0.2) is 0 Å². The number of carbonyl (C=O) groups is 1. The quantitative estimate of drug-likeness (QED) is 0.838. The maximum Gasteiger partial charge on any atom is 0.256 e. The lowest BCUT2D eigenvalue weighted by molar-refractivity contribution is -0.136. The highest BCUT2D eigenvalue weighted by molar-refractivity contribution is 5.97. The standard InChI is InChI=1S/C17H24N2O3/c1-6-17(4,21-5)16(20)19-14-7-8-15(13(9-14)10-18)22-11-12(2)3/h7-9,12H,6,11H2,1-5H3,(H,19,20). The monoisotopic (exact) mass is 304 g/mol. The van der Waals surface area contributed by atoms with Crippen LogP contribution in [0.4, 0.5) is 5.69 Å². The molecule has 0 saturated carbocycles. The summed E-state index contributed by atoms with van der Waals surface area (Å²) in [6.45, 7) is 8.23. The van der Waals surface area contributed by atoms with Crippen molar-refractivity contribution in [1.82, 2.24) is 0 Å². The number of nitrogens with zero attached hydrogens (tertiary/aromatic N) is 1. The highest BCUT2D eigenvalue weighted by Crippen LogP contribution is 2.24. The molecule has 1 unspecified atom stereocenters. The van der Waals surface area contributed by atoms with Crippen molar-refractivity contribution >= 4 is 11.6 Å². The molecule has 0 aliphatic carbocycles. The Morgan fingerprint density at radius 3 is 2.64 bits per heavy atom. The molecule has 0 radical (unpaired) electrons. The van der Waals surface area contributed by atoms with Crippen molar-refractivity contribution in [3.05, 3.63) is 23.8 Å². The van der Waals surface area contributed by atoms with E-state index in [0.29, 0.717) is 35.9 Å². The van der Waals surface area contributed by atoms with Gasteiger partial charge in [-0.3, -0.25) is 4.79 Å². The van der Waals surface area contributed by atoms with Gasteiger partial charge in [0.1, 0.15) is 17.4 Å². The first-order chi connectivity index (χ1) is 10.4. The zero-order valence-electron chi connectivity index (χ0n) is 13.9. The Morgan fingerprint density at radius 1 is 1.45 bits per heavy atom. The maximum atomic E-state index is 12.2. The number of ether oxygens (including phenoxy) is 2. The van der Waals surface area contributed by atoms with Crippen molar-refractivity contribution < 1.29 is 14.3 Å². The number of anilines is 1. The van der Waals surface area contributed by atoms with Gasteiger partial charge in [0.05, 0.1) is 12.2 Å². The molecule has 0 aromatic heterocycles. The fourth-order valence-electron chi connectivity index (χ4n) is 1.74. The molecule has 0 aliphatic heterocycles. The Hall–Kier alpha value is -2.06. The summed E-state index contributed by atoms with van der Waals surface area (Å²) in [5.41, 5.74) is 0.0591. The summed E-state index contributed by atoms with van der Waals surface area (Å²) in [5, 5.41) is 12.0. The summed E-state index contributed by atoms with van der Waals surface area (Å²) in [5.74, 6) is 0.661. The van der Waals surface area contributed by atoms with Gasteiger partial charge in [0, 0.05) is 12.8 Å². The maximum absolute atomic E-state index is 12.2. The highest BCUT2D eigenvalue weighted by atomic mass is 16.5. The number of hydrogen-bond donors (Lipinski definition) is 1. The van der Waals surface area contributed by atoms with Crippen molar-refractivity contribution in [2.45, 2.75) is 39.7 Å². The van der Waals surface area contributed by atoms with Gasteiger partial charge in [-0.1, -0.05) is 20.8 Å². The normalized spacial score (nSPS) is 13.3. The number of hydrogen-bond acceptors (Lipinski definition) is 4. The molecule has 5 nitrogen and oxygen atoms in total. The lowest BCUT2D eigenvalue weighted by Gasteiger charge is -2.25. The third-order valence-electron chi connectivity index (χ3n) is 3.54. The molecule has 120 valence electrons. The van der Waals surface area contributed by atoms with Crippen LogP contribution in [0.15, 0.2) is 18.2 Å². The SMILES string of the molecule is CCC(C)(OC)C(=O)Nc1ccc(OCC(C)C)c(C#N)c1. The molecule has 0 fully saturated rings. The molecule has 0 saturated heterocycles. The third kappa shape index (κ3) is 4.47. The van der Waals surface area contributed by atoms with Crippen LogP contribution < -0.4 is 10.1 Å². The van der Waals surface area contributed by atoms with Crippen LogP contribution in [0.3, 0.4) is 0 Å². The topological polar surface area (TPSA) is 71.3 Å². The van der Waals surface area contributed by atoms with Crippen LogP contribution in [0, 0.1) is 17.2 Å². The molecule has 1 amide bonds. The van der Waals surface area contributed by atoms with E-state index in [1.54, 1.807) is 25.1 Å². The molecule has 1 aromatic rings. The van der Waals surface area contributed by atoms with Gasteiger partial charge in [-0.15, -0.1) is 0 Å². The molecule has 0 bridgehead atoms. The van der Waals surface area contributed by atoms with E-state index in [0.717, 1.165) is 0 Å². The summed E-state index contributed by atoms with van der Waals surface area (Å²) in [6, 6.07) is 7.13. The van der Waals surface area contributed by atoms with Gasteiger partial charge in [-0.25, -0.2) is 0 Å². The van der Waals surface area contributed by atoms with E-state index in [1.165, 1.54) is 7.11 Å². The minimum Gasteiger partial charge on any atom is -0.492 e. The molecule has 1 aromatic carbocycles. The Labute approximate surface area is 132 Å². The number of nitriles is 1. The minimum absolute atomic E-state index is 0.239. The molecular weight excluding hydrogens is 280 g/mol. The molecule has 0 aliphatic rings. The Morgan fingerprint density at radius 2 is 2.14 bits per heavy atom. The average Bonchev–Trinajstić information content (AvgIpc) is 2.52. The number of carbonyl (C=O) groups excluding carboxylic acids is 1. The largest absolute Gasteiger partial charge is 0.492 e. The highest BCUT2D eigenvalue weighted by Gasteiger charge is 2.31. The molecule has 5 heteroatoms. The number of nitrogens with one attached hydrogen (secondary N) is 1.